The number of carbonyl (C=O) groups excluding carboxylic acids is 2. The number of allylic oxidation sites excluding steroid dienone is 12. The van der Waals surface area contributed by atoms with Crippen LogP contribution in [0.25, 0.3) is 0 Å². The highest BCUT2D eigenvalue weighted by Crippen LogP contribution is 2.43. The lowest BCUT2D eigenvalue weighted by Gasteiger charge is -2.18. The van der Waals surface area contributed by atoms with Gasteiger partial charge < -0.3 is 25.2 Å². The number of ether oxygens (including phenoxy) is 1. The number of amides is 1. The molecule has 0 aromatic rings. The first-order valence-corrected chi connectivity index (χ1v) is 28.5. The van der Waals surface area contributed by atoms with Crippen LogP contribution in [0.2, 0.25) is 0 Å². The Kier molecular flexibility index (Phi) is 48.0. The Bertz CT molecular complexity index is 1420. The van der Waals surface area contributed by atoms with Gasteiger partial charge in [0.2, 0.25) is 5.91 Å². The lowest BCUT2D eigenvalue weighted by atomic mass is 10.0. The van der Waals surface area contributed by atoms with Gasteiger partial charge >= 0.3 is 19.8 Å². The lowest BCUT2D eigenvalue weighted by molar-refractivity contribution is -0.147. The van der Waals surface area contributed by atoms with Gasteiger partial charge in [-0.25, -0.2) is 9.36 Å². The van der Waals surface area contributed by atoms with Crippen LogP contribution < -0.4 is 5.32 Å². The summed E-state index contributed by atoms with van der Waals surface area (Å²) in [5.74, 6) is -2.40. The van der Waals surface area contributed by atoms with Crippen LogP contribution in [-0.2, 0) is 32.7 Å². The average molecular weight is 976 g/mol. The molecule has 0 aliphatic carbocycles. The van der Waals surface area contributed by atoms with E-state index in [1.807, 2.05) is 0 Å². The number of carboxylic acids is 1. The molecule has 0 rings (SSSR count). The molecule has 0 bridgehead atoms. The van der Waals surface area contributed by atoms with E-state index in [4.69, 9.17) is 13.8 Å². The second-order valence-corrected chi connectivity index (χ2v) is 19.5. The van der Waals surface area contributed by atoms with Crippen LogP contribution in [-0.4, -0.2) is 64.9 Å². The molecule has 11 nitrogen and oxygen atoms in total. The van der Waals surface area contributed by atoms with Crippen molar-refractivity contribution in [1.82, 2.24) is 5.32 Å². The van der Waals surface area contributed by atoms with Gasteiger partial charge in [-0.2, -0.15) is 0 Å². The third-order valence-electron chi connectivity index (χ3n) is 11.5. The normalized spacial score (nSPS) is 14.1. The summed E-state index contributed by atoms with van der Waals surface area (Å²) in [4.78, 5) is 46.2. The predicted octanol–water partition coefficient (Wildman–Crippen LogP) is 15.2. The van der Waals surface area contributed by atoms with E-state index in [1.165, 1.54) is 109 Å². The monoisotopic (exact) mass is 976 g/mol. The van der Waals surface area contributed by atoms with Gasteiger partial charge in [0, 0.05) is 12.8 Å². The summed E-state index contributed by atoms with van der Waals surface area (Å²) < 4.78 is 27.0. The third kappa shape index (κ3) is 49.3. The van der Waals surface area contributed by atoms with E-state index in [2.05, 4.69) is 92.1 Å². The summed E-state index contributed by atoms with van der Waals surface area (Å²) in [7, 11) is -4.77. The minimum atomic E-state index is -4.77. The minimum absolute atomic E-state index is 0.113. The van der Waals surface area contributed by atoms with Crippen LogP contribution in [0.1, 0.15) is 232 Å². The molecule has 68 heavy (non-hydrogen) atoms. The number of aliphatic carboxylic acids is 1. The molecule has 0 fully saturated rings. The lowest BCUT2D eigenvalue weighted by Crippen LogP contribution is -2.43. The van der Waals surface area contributed by atoms with Gasteiger partial charge in [0.25, 0.3) is 0 Å². The quantitative estimate of drug-likeness (QED) is 0.0199. The average Bonchev–Trinajstić information content (AvgIpc) is 3.32. The summed E-state index contributed by atoms with van der Waals surface area (Å²) in [6.07, 6.45) is 62.1. The zero-order valence-electron chi connectivity index (χ0n) is 42.9. The molecule has 0 radical (unpaired) electrons. The number of phosphoric ester groups is 1. The molecule has 0 saturated heterocycles. The van der Waals surface area contributed by atoms with Crippen molar-refractivity contribution in [2.45, 2.75) is 244 Å². The number of hydrogen-bond donors (Lipinski definition) is 4. The van der Waals surface area contributed by atoms with E-state index in [9.17, 15) is 34.1 Å². The molecule has 0 aliphatic rings. The number of esters is 1. The van der Waals surface area contributed by atoms with Crippen molar-refractivity contribution < 1.29 is 47.8 Å². The van der Waals surface area contributed by atoms with Crippen molar-refractivity contribution in [2.75, 3.05) is 19.8 Å². The smallest absolute Gasteiger partial charge is 0.472 e. The fourth-order valence-electron chi connectivity index (χ4n) is 7.38. The molecule has 0 heterocycles. The van der Waals surface area contributed by atoms with Crippen LogP contribution in [0.5, 0.6) is 0 Å². The molecule has 3 unspecified atom stereocenters. The maximum Gasteiger partial charge on any atom is 0.472 e. The van der Waals surface area contributed by atoms with Gasteiger partial charge in [0.15, 0.2) is 6.04 Å². The number of aliphatic hydroxyl groups excluding tert-OH is 1. The highest BCUT2D eigenvalue weighted by atomic mass is 31.2. The fourth-order valence-corrected chi connectivity index (χ4v) is 8.15. The largest absolute Gasteiger partial charge is 0.480 e. The summed E-state index contributed by atoms with van der Waals surface area (Å²) in [5.41, 5.74) is 0. The second-order valence-electron chi connectivity index (χ2n) is 18.0. The first kappa shape index (κ1) is 64.9. The van der Waals surface area contributed by atoms with Gasteiger partial charge in [-0.05, 0) is 64.2 Å². The summed E-state index contributed by atoms with van der Waals surface area (Å²) >= 11 is 0. The Morgan fingerprint density at radius 3 is 1.28 bits per heavy atom. The van der Waals surface area contributed by atoms with Crippen molar-refractivity contribution in [1.29, 1.82) is 0 Å². The zero-order chi connectivity index (χ0) is 49.9. The Balaban J connectivity index is 3.86. The fraction of sp³-hybridized carbons (Fsp3) is 0.732. The number of hydrogen-bond acceptors (Lipinski definition) is 8. The zero-order valence-corrected chi connectivity index (χ0v) is 43.8. The van der Waals surface area contributed by atoms with Gasteiger partial charge in [0.1, 0.15) is 12.7 Å². The van der Waals surface area contributed by atoms with Gasteiger partial charge in [-0.3, -0.25) is 18.6 Å². The molecule has 3 atom stereocenters. The first-order chi connectivity index (χ1) is 33.1. The molecule has 0 saturated carbocycles. The molecular weight excluding hydrogens is 878 g/mol. The number of aliphatic hydroxyl groups is 1. The second kappa shape index (κ2) is 50.3. The van der Waals surface area contributed by atoms with Crippen molar-refractivity contribution in [3.05, 3.63) is 72.9 Å². The summed E-state index contributed by atoms with van der Waals surface area (Å²) in [5, 5.41) is 21.9. The van der Waals surface area contributed by atoms with Crippen LogP contribution >= 0.6 is 7.82 Å². The number of unbranched alkanes of at least 4 members (excludes halogenated alkanes) is 24. The standard InChI is InChI=1S/C56H98NO10P/c1-3-5-7-9-11-13-15-17-19-21-23-25-26-28-29-31-33-35-37-39-41-43-45-47-54(59)57-53(56(61)62)51-67-68(63,64)66-50-52(58)49-65-55(60)48-46-44-42-40-38-36-34-32-30-27-24-22-20-18-16-14-12-10-8-6-4-2/h5,7,11,13,17,19,23,25,28-29,33,35,52-53,58H,3-4,6,8-10,12,14-16,18,20-22,24,26-27,30-32,34,36-51H2,1-2H3,(H,57,59)(H,61,62)(H,63,64)/b7-5-,13-11-,19-17-,25-23-,29-28-,35-33-. The minimum Gasteiger partial charge on any atom is -0.480 e. The molecule has 12 heteroatoms. The molecule has 0 spiro atoms. The Hall–Kier alpha value is -3.08. The van der Waals surface area contributed by atoms with Crippen LogP contribution in [0.4, 0.5) is 0 Å². The Morgan fingerprint density at radius 2 is 0.853 bits per heavy atom. The van der Waals surface area contributed by atoms with E-state index < -0.39 is 57.6 Å². The Morgan fingerprint density at radius 1 is 0.485 bits per heavy atom. The molecule has 392 valence electrons. The number of rotatable bonds is 50. The van der Waals surface area contributed by atoms with E-state index >= 15 is 0 Å². The van der Waals surface area contributed by atoms with Crippen molar-refractivity contribution in [2.24, 2.45) is 0 Å². The van der Waals surface area contributed by atoms with Crippen LogP contribution in [0.15, 0.2) is 72.9 Å². The summed E-state index contributed by atoms with van der Waals surface area (Å²) in [6.45, 7) is 2.50. The third-order valence-corrected chi connectivity index (χ3v) is 12.5. The summed E-state index contributed by atoms with van der Waals surface area (Å²) in [6, 6.07) is -1.57. The van der Waals surface area contributed by atoms with Gasteiger partial charge in [-0.1, -0.05) is 228 Å². The number of nitrogens with one attached hydrogen (secondary N) is 1. The molecule has 4 N–H and O–H groups in total. The highest BCUT2D eigenvalue weighted by Gasteiger charge is 2.28. The number of phosphoric acid groups is 1. The van der Waals surface area contributed by atoms with E-state index in [0.29, 0.717) is 12.8 Å². The number of carboxylic acid groups (broad SMARTS) is 1. The van der Waals surface area contributed by atoms with Gasteiger partial charge in [0.05, 0.1) is 13.2 Å². The van der Waals surface area contributed by atoms with Crippen molar-refractivity contribution in [3.8, 4) is 0 Å². The maximum absolute atomic E-state index is 12.4. The van der Waals surface area contributed by atoms with Crippen molar-refractivity contribution in [3.63, 3.8) is 0 Å². The predicted molar refractivity (Wildman–Crippen MR) is 281 cm³/mol. The Labute approximate surface area is 414 Å². The molecule has 0 aromatic heterocycles. The van der Waals surface area contributed by atoms with E-state index in [-0.39, 0.29) is 12.8 Å². The number of carbonyl (C=O) groups is 3. The van der Waals surface area contributed by atoms with Crippen LogP contribution in [0, 0.1) is 0 Å². The molecule has 0 aromatic carbocycles. The highest BCUT2D eigenvalue weighted by molar-refractivity contribution is 7.47. The molecule has 1 amide bonds. The maximum atomic E-state index is 12.4. The molecule has 0 aliphatic heterocycles. The SMILES string of the molecule is CC/C=C\C/C=C\C/C=C\C/C=C\C/C=C\C/C=C\CCCCCCC(=O)NC(COP(=O)(O)OCC(O)COC(=O)CCCCCCCCCCCCCCCCCCCCCCC)C(=O)O. The van der Waals surface area contributed by atoms with E-state index in [1.54, 1.807) is 0 Å². The molecular formula is C56H98NO10P. The van der Waals surface area contributed by atoms with Crippen molar-refractivity contribution >= 4 is 25.7 Å². The van der Waals surface area contributed by atoms with Gasteiger partial charge in [-0.15, -0.1) is 0 Å². The topological polar surface area (TPSA) is 169 Å². The van der Waals surface area contributed by atoms with Crippen LogP contribution in [0.3, 0.4) is 0 Å². The van der Waals surface area contributed by atoms with E-state index in [0.717, 1.165) is 83.5 Å². The first-order valence-electron chi connectivity index (χ1n) is 27.0.